The van der Waals surface area contributed by atoms with Gasteiger partial charge in [0.2, 0.25) is 5.91 Å². The second-order valence-corrected chi connectivity index (χ2v) is 6.58. The SMILES string of the molecule is Cc1ccc(NC(=O)CCN(C(=O)c2cc(C)oc2C)C(C)C)cc1. The second-order valence-electron chi connectivity index (χ2n) is 6.58. The standard InChI is InChI=1S/C20H26N2O3/c1-13(2)22(20(24)18-12-15(4)25-16(18)5)11-10-19(23)21-17-8-6-14(3)7-9-17/h6-9,12-13H,10-11H2,1-5H3,(H,21,23). The maximum Gasteiger partial charge on any atom is 0.257 e. The van der Waals surface area contributed by atoms with Gasteiger partial charge >= 0.3 is 0 Å². The summed E-state index contributed by atoms with van der Waals surface area (Å²) in [7, 11) is 0. The van der Waals surface area contributed by atoms with E-state index in [1.165, 1.54) is 0 Å². The van der Waals surface area contributed by atoms with Crippen LogP contribution in [0.1, 0.15) is 47.7 Å². The fourth-order valence-corrected chi connectivity index (χ4v) is 2.67. The van der Waals surface area contributed by atoms with Gasteiger partial charge in [0, 0.05) is 24.7 Å². The Morgan fingerprint density at radius 2 is 1.76 bits per heavy atom. The van der Waals surface area contributed by atoms with Gasteiger partial charge in [-0.2, -0.15) is 0 Å². The van der Waals surface area contributed by atoms with Crippen LogP contribution in [0.5, 0.6) is 0 Å². The van der Waals surface area contributed by atoms with Crippen LogP contribution in [0, 0.1) is 20.8 Å². The highest BCUT2D eigenvalue weighted by Gasteiger charge is 2.23. The topological polar surface area (TPSA) is 62.6 Å². The Bertz CT molecular complexity index is 745. The fraction of sp³-hybridized carbons (Fsp3) is 0.400. The summed E-state index contributed by atoms with van der Waals surface area (Å²) >= 11 is 0. The Labute approximate surface area is 149 Å². The highest BCUT2D eigenvalue weighted by molar-refractivity contribution is 5.96. The Morgan fingerprint density at radius 1 is 1.12 bits per heavy atom. The number of anilines is 1. The number of amides is 2. The predicted molar refractivity (Wildman–Crippen MR) is 98.8 cm³/mol. The van der Waals surface area contributed by atoms with Crippen molar-refractivity contribution >= 4 is 17.5 Å². The quantitative estimate of drug-likeness (QED) is 0.860. The number of hydrogen-bond donors (Lipinski definition) is 1. The maximum absolute atomic E-state index is 12.8. The van der Waals surface area contributed by atoms with Crippen LogP contribution in [-0.2, 0) is 4.79 Å². The van der Waals surface area contributed by atoms with Gasteiger partial charge in [-0.15, -0.1) is 0 Å². The van der Waals surface area contributed by atoms with E-state index in [0.29, 0.717) is 23.6 Å². The number of carbonyl (C=O) groups excluding carboxylic acids is 2. The Hall–Kier alpha value is -2.56. The molecule has 2 aromatic rings. The molecule has 1 heterocycles. The molecule has 0 atom stereocenters. The number of benzene rings is 1. The van der Waals surface area contributed by atoms with E-state index < -0.39 is 0 Å². The molecule has 25 heavy (non-hydrogen) atoms. The van der Waals surface area contributed by atoms with E-state index in [2.05, 4.69) is 5.32 Å². The van der Waals surface area contributed by atoms with Crippen LogP contribution < -0.4 is 5.32 Å². The van der Waals surface area contributed by atoms with Gasteiger partial charge in [-0.25, -0.2) is 0 Å². The molecule has 5 nitrogen and oxygen atoms in total. The molecule has 0 spiro atoms. The minimum Gasteiger partial charge on any atom is -0.466 e. The first-order chi connectivity index (χ1) is 11.8. The van der Waals surface area contributed by atoms with Crippen molar-refractivity contribution in [3.05, 3.63) is 53.0 Å². The van der Waals surface area contributed by atoms with Crippen LogP contribution in [-0.4, -0.2) is 29.3 Å². The summed E-state index contributed by atoms with van der Waals surface area (Å²) in [6, 6.07) is 9.38. The summed E-state index contributed by atoms with van der Waals surface area (Å²) in [5, 5.41) is 2.86. The summed E-state index contributed by atoms with van der Waals surface area (Å²) < 4.78 is 5.45. The van der Waals surface area contributed by atoms with Gasteiger partial charge in [0.25, 0.3) is 5.91 Å². The Morgan fingerprint density at radius 3 is 2.28 bits per heavy atom. The van der Waals surface area contributed by atoms with Crippen molar-refractivity contribution in [1.29, 1.82) is 0 Å². The number of carbonyl (C=O) groups is 2. The van der Waals surface area contributed by atoms with Crippen molar-refractivity contribution in [3.63, 3.8) is 0 Å². The highest BCUT2D eigenvalue weighted by atomic mass is 16.3. The van der Waals surface area contributed by atoms with Crippen LogP contribution in [0.3, 0.4) is 0 Å². The molecular formula is C20H26N2O3. The van der Waals surface area contributed by atoms with E-state index in [4.69, 9.17) is 4.42 Å². The van der Waals surface area contributed by atoms with Crippen molar-refractivity contribution in [2.75, 3.05) is 11.9 Å². The van der Waals surface area contributed by atoms with Gasteiger partial charge in [-0.05, 0) is 52.8 Å². The fourth-order valence-electron chi connectivity index (χ4n) is 2.67. The van der Waals surface area contributed by atoms with E-state index in [-0.39, 0.29) is 24.3 Å². The van der Waals surface area contributed by atoms with E-state index in [1.54, 1.807) is 17.9 Å². The van der Waals surface area contributed by atoms with Gasteiger partial charge < -0.3 is 14.6 Å². The lowest BCUT2D eigenvalue weighted by Crippen LogP contribution is -2.39. The molecular weight excluding hydrogens is 316 g/mol. The number of nitrogens with one attached hydrogen (secondary N) is 1. The number of nitrogens with zero attached hydrogens (tertiary/aromatic N) is 1. The van der Waals surface area contributed by atoms with E-state index >= 15 is 0 Å². The summed E-state index contributed by atoms with van der Waals surface area (Å²) in [6.45, 7) is 9.84. The molecule has 5 heteroatoms. The first-order valence-electron chi connectivity index (χ1n) is 8.52. The zero-order chi connectivity index (χ0) is 18.6. The number of furan rings is 1. The lowest BCUT2D eigenvalue weighted by Gasteiger charge is -2.26. The molecule has 0 saturated heterocycles. The predicted octanol–water partition coefficient (Wildman–Crippen LogP) is 4.08. The van der Waals surface area contributed by atoms with Gasteiger partial charge in [0.05, 0.1) is 5.56 Å². The third-order valence-electron chi connectivity index (χ3n) is 4.07. The molecule has 0 unspecified atom stereocenters. The molecule has 0 radical (unpaired) electrons. The zero-order valence-corrected chi connectivity index (χ0v) is 15.6. The van der Waals surface area contributed by atoms with Crippen LogP contribution >= 0.6 is 0 Å². The molecule has 0 saturated carbocycles. The van der Waals surface area contributed by atoms with Crippen molar-refractivity contribution in [2.45, 2.75) is 47.1 Å². The van der Waals surface area contributed by atoms with Crippen LogP contribution in [0.2, 0.25) is 0 Å². The van der Waals surface area contributed by atoms with E-state index in [0.717, 1.165) is 11.3 Å². The smallest absolute Gasteiger partial charge is 0.257 e. The molecule has 2 rings (SSSR count). The molecule has 1 aromatic carbocycles. The van der Waals surface area contributed by atoms with Gasteiger partial charge in [0.15, 0.2) is 0 Å². The first-order valence-corrected chi connectivity index (χ1v) is 8.52. The Balaban J connectivity index is 1.99. The third kappa shape index (κ3) is 4.95. The highest BCUT2D eigenvalue weighted by Crippen LogP contribution is 2.18. The van der Waals surface area contributed by atoms with Crippen molar-refractivity contribution in [1.82, 2.24) is 4.90 Å². The summed E-state index contributed by atoms with van der Waals surface area (Å²) in [5.74, 6) is 1.11. The normalized spacial score (nSPS) is 10.8. The van der Waals surface area contributed by atoms with Crippen LogP contribution in [0.15, 0.2) is 34.7 Å². The van der Waals surface area contributed by atoms with Crippen LogP contribution in [0.4, 0.5) is 5.69 Å². The average molecular weight is 342 g/mol. The average Bonchev–Trinajstić information content (AvgIpc) is 2.88. The molecule has 134 valence electrons. The van der Waals surface area contributed by atoms with Crippen molar-refractivity contribution in [3.8, 4) is 0 Å². The molecule has 0 aliphatic carbocycles. The summed E-state index contributed by atoms with van der Waals surface area (Å²) in [4.78, 5) is 26.7. The minimum absolute atomic E-state index is 0.00530. The molecule has 0 fully saturated rings. The van der Waals surface area contributed by atoms with Gasteiger partial charge in [-0.1, -0.05) is 17.7 Å². The zero-order valence-electron chi connectivity index (χ0n) is 15.6. The molecule has 0 aliphatic heterocycles. The lowest BCUT2D eigenvalue weighted by molar-refractivity contribution is -0.116. The number of rotatable bonds is 6. The lowest BCUT2D eigenvalue weighted by atomic mass is 10.1. The molecule has 1 N–H and O–H groups in total. The molecule has 0 aliphatic rings. The third-order valence-corrected chi connectivity index (χ3v) is 4.07. The number of hydrogen-bond acceptors (Lipinski definition) is 3. The van der Waals surface area contributed by atoms with E-state index in [9.17, 15) is 9.59 Å². The molecule has 0 bridgehead atoms. The summed E-state index contributed by atoms with van der Waals surface area (Å²) in [6.07, 6.45) is 0.244. The van der Waals surface area contributed by atoms with Crippen molar-refractivity contribution < 1.29 is 14.0 Å². The second kappa shape index (κ2) is 8.01. The number of aryl methyl sites for hydroxylation is 3. The maximum atomic E-state index is 12.8. The van der Waals surface area contributed by atoms with Crippen LogP contribution in [0.25, 0.3) is 0 Å². The van der Waals surface area contributed by atoms with E-state index in [1.807, 2.05) is 52.0 Å². The van der Waals surface area contributed by atoms with Gasteiger partial charge in [-0.3, -0.25) is 9.59 Å². The minimum atomic E-state index is -0.109. The first kappa shape index (κ1) is 18.8. The molecule has 1 aromatic heterocycles. The summed E-state index contributed by atoms with van der Waals surface area (Å²) in [5.41, 5.74) is 2.46. The van der Waals surface area contributed by atoms with Crippen molar-refractivity contribution in [2.24, 2.45) is 0 Å². The molecule has 2 amide bonds. The monoisotopic (exact) mass is 342 g/mol. The largest absolute Gasteiger partial charge is 0.466 e. The Kier molecular flexibility index (Phi) is 6.02. The van der Waals surface area contributed by atoms with Gasteiger partial charge in [0.1, 0.15) is 11.5 Å².